The summed E-state index contributed by atoms with van der Waals surface area (Å²) in [6, 6.07) is 7.79. The summed E-state index contributed by atoms with van der Waals surface area (Å²) in [5.41, 5.74) is 0.511. The monoisotopic (exact) mass is 332 g/mol. The van der Waals surface area contributed by atoms with Gasteiger partial charge in [0.1, 0.15) is 23.8 Å². The number of aliphatic hydroxyl groups excluding tert-OH is 2. The Morgan fingerprint density at radius 1 is 1.33 bits per heavy atom. The average molecular weight is 332 g/mol. The third-order valence-corrected chi connectivity index (χ3v) is 4.24. The van der Waals surface area contributed by atoms with Gasteiger partial charge >= 0.3 is 0 Å². The summed E-state index contributed by atoms with van der Waals surface area (Å²) < 4.78 is 13.2. The van der Waals surface area contributed by atoms with Gasteiger partial charge in [0.15, 0.2) is 0 Å². The highest BCUT2D eigenvalue weighted by Gasteiger charge is 2.25. The summed E-state index contributed by atoms with van der Waals surface area (Å²) >= 11 is 0. The lowest BCUT2D eigenvalue weighted by Crippen LogP contribution is -2.32. The highest BCUT2D eigenvalue weighted by atomic mass is 19.1. The summed E-state index contributed by atoms with van der Waals surface area (Å²) in [5, 5.41) is 22.6. The number of aromatic nitrogens is 2. The van der Waals surface area contributed by atoms with Crippen molar-refractivity contribution < 1.29 is 14.6 Å². The van der Waals surface area contributed by atoms with Gasteiger partial charge in [-0.3, -0.25) is 0 Å². The van der Waals surface area contributed by atoms with E-state index in [1.165, 1.54) is 18.5 Å². The Labute approximate surface area is 140 Å². The van der Waals surface area contributed by atoms with Crippen LogP contribution in [-0.4, -0.2) is 45.9 Å². The Kier molecular flexibility index (Phi) is 5.22. The van der Waals surface area contributed by atoms with Crippen molar-refractivity contribution in [2.24, 2.45) is 0 Å². The van der Waals surface area contributed by atoms with Gasteiger partial charge in [0, 0.05) is 19.2 Å². The van der Waals surface area contributed by atoms with Crippen LogP contribution in [0.5, 0.6) is 0 Å². The molecule has 0 radical (unpaired) electrons. The third-order valence-electron chi connectivity index (χ3n) is 4.24. The molecule has 2 aromatic rings. The maximum absolute atomic E-state index is 13.2. The van der Waals surface area contributed by atoms with Gasteiger partial charge < -0.3 is 20.4 Å². The second-order valence-electron chi connectivity index (χ2n) is 5.89. The largest absolute Gasteiger partial charge is 0.394 e. The summed E-state index contributed by atoms with van der Waals surface area (Å²) in [6.45, 7) is 1.17. The summed E-state index contributed by atoms with van der Waals surface area (Å²) in [5.74, 6) is 0.961. The van der Waals surface area contributed by atoms with Crippen LogP contribution in [0, 0.1) is 5.82 Å². The molecule has 0 amide bonds. The van der Waals surface area contributed by atoms with Crippen LogP contribution in [0.2, 0.25) is 0 Å². The van der Waals surface area contributed by atoms with Gasteiger partial charge in [-0.2, -0.15) is 0 Å². The van der Waals surface area contributed by atoms with Crippen molar-refractivity contribution in [3.05, 3.63) is 48.0 Å². The van der Waals surface area contributed by atoms with Crippen molar-refractivity contribution >= 4 is 11.6 Å². The molecular formula is C17H21FN4O2. The highest BCUT2D eigenvalue weighted by Crippen LogP contribution is 2.24. The Morgan fingerprint density at radius 2 is 2.21 bits per heavy atom. The number of nitrogens with one attached hydrogen (secondary N) is 1. The third kappa shape index (κ3) is 3.80. The first kappa shape index (κ1) is 16.6. The average Bonchev–Trinajstić information content (AvgIpc) is 3.08. The predicted octanol–water partition coefficient (Wildman–Crippen LogP) is 1.72. The molecular weight excluding hydrogens is 311 g/mol. The molecule has 3 rings (SSSR count). The number of nitrogens with zero attached hydrogens (tertiary/aromatic N) is 3. The molecule has 2 heterocycles. The molecule has 24 heavy (non-hydrogen) atoms. The first-order valence-electron chi connectivity index (χ1n) is 8.04. The molecule has 2 atom stereocenters. The van der Waals surface area contributed by atoms with Gasteiger partial charge in [0.25, 0.3) is 0 Å². The van der Waals surface area contributed by atoms with Crippen molar-refractivity contribution in [3.63, 3.8) is 0 Å². The van der Waals surface area contributed by atoms with Crippen molar-refractivity contribution in [3.8, 4) is 0 Å². The van der Waals surface area contributed by atoms with E-state index in [4.69, 9.17) is 0 Å². The van der Waals surface area contributed by atoms with E-state index in [9.17, 15) is 14.6 Å². The number of benzene rings is 1. The summed E-state index contributed by atoms with van der Waals surface area (Å²) in [4.78, 5) is 10.5. The van der Waals surface area contributed by atoms with Gasteiger partial charge in [-0.25, -0.2) is 14.4 Å². The lowest BCUT2D eigenvalue weighted by atomic mass is 10.1. The topological polar surface area (TPSA) is 81.5 Å². The molecule has 0 saturated carbocycles. The van der Waals surface area contributed by atoms with E-state index >= 15 is 0 Å². The van der Waals surface area contributed by atoms with Crippen LogP contribution in [0.25, 0.3) is 0 Å². The van der Waals surface area contributed by atoms with Crippen LogP contribution in [-0.2, 0) is 0 Å². The molecule has 3 N–H and O–H groups in total. The number of rotatable bonds is 6. The number of hydrogen-bond donors (Lipinski definition) is 3. The highest BCUT2D eigenvalue weighted by molar-refractivity contribution is 5.50. The Hall–Kier alpha value is -2.25. The van der Waals surface area contributed by atoms with Crippen molar-refractivity contribution in [2.75, 3.05) is 29.9 Å². The minimum atomic E-state index is -0.837. The molecule has 6 nitrogen and oxygen atoms in total. The molecule has 1 aromatic heterocycles. The smallest absolute Gasteiger partial charge is 0.134 e. The fraction of sp³-hybridized carbons (Fsp3) is 0.412. The van der Waals surface area contributed by atoms with Gasteiger partial charge in [-0.05, 0) is 30.5 Å². The molecule has 0 aliphatic carbocycles. The Balaban J connectivity index is 1.64. The van der Waals surface area contributed by atoms with E-state index in [1.54, 1.807) is 18.2 Å². The molecule has 1 saturated heterocycles. The number of anilines is 2. The molecule has 7 heteroatoms. The lowest BCUT2D eigenvalue weighted by molar-refractivity contribution is 0.191. The maximum Gasteiger partial charge on any atom is 0.134 e. The van der Waals surface area contributed by atoms with E-state index in [0.29, 0.717) is 11.4 Å². The van der Waals surface area contributed by atoms with Crippen molar-refractivity contribution in [1.29, 1.82) is 0 Å². The number of aliphatic hydroxyl groups is 2. The van der Waals surface area contributed by atoms with Crippen molar-refractivity contribution in [2.45, 2.75) is 25.0 Å². The number of halogens is 1. The Bertz CT molecular complexity index is 685. The van der Waals surface area contributed by atoms with Gasteiger partial charge in [-0.15, -0.1) is 0 Å². The molecule has 0 unspecified atom stereocenters. The maximum atomic E-state index is 13.2. The lowest BCUT2D eigenvalue weighted by Gasteiger charge is -2.24. The normalized spacial score (nSPS) is 18.6. The summed E-state index contributed by atoms with van der Waals surface area (Å²) in [7, 11) is 0. The van der Waals surface area contributed by atoms with Crippen LogP contribution < -0.4 is 10.2 Å². The SMILES string of the molecule is OC[C@H]1CCCN1c1cc(NC[C@@H](O)c2cccc(F)c2)ncn1. The standard InChI is InChI=1S/C17H21FN4O2/c18-13-4-1-3-12(7-13)15(24)9-19-16-8-17(21-11-20-16)22-6-2-5-14(22)10-23/h1,3-4,7-8,11,14-15,23-24H,2,5-6,9-10H2,(H,19,20,21)/t14-,15-/m1/s1. The number of hydrogen-bond acceptors (Lipinski definition) is 6. The second kappa shape index (κ2) is 7.55. The molecule has 1 aliphatic heterocycles. The predicted molar refractivity (Wildman–Crippen MR) is 89.3 cm³/mol. The van der Waals surface area contributed by atoms with Crippen LogP contribution in [0.3, 0.4) is 0 Å². The van der Waals surface area contributed by atoms with E-state index in [1.807, 2.05) is 0 Å². The van der Waals surface area contributed by atoms with Gasteiger partial charge in [-0.1, -0.05) is 12.1 Å². The van der Waals surface area contributed by atoms with E-state index in [0.717, 1.165) is 25.2 Å². The van der Waals surface area contributed by atoms with Gasteiger partial charge in [0.2, 0.25) is 0 Å². The first-order chi connectivity index (χ1) is 11.7. The molecule has 1 aromatic carbocycles. The van der Waals surface area contributed by atoms with E-state index in [2.05, 4.69) is 20.2 Å². The molecule has 0 spiro atoms. The van der Waals surface area contributed by atoms with E-state index in [-0.39, 0.29) is 25.0 Å². The van der Waals surface area contributed by atoms with Crippen LogP contribution in [0.1, 0.15) is 24.5 Å². The van der Waals surface area contributed by atoms with E-state index < -0.39 is 6.10 Å². The Morgan fingerprint density at radius 3 is 3.00 bits per heavy atom. The molecule has 128 valence electrons. The minimum Gasteiger partial charge on any atom is -0.394 e. The fourth-order valence-corrected chi connectivity index (χ4v) is 2.96. The minimum absolute atomic E-state index is 0.0886. The second-order valence-corrected chi connectivity index (χ2v) is 5.89. The molecule has 1 fully saturated rings. The van der Waals surface area contributed by atoms with Crippen LogP contribution in [0.4, 0.5) is 16.0 Å². The van der Waals surface area contributed by atoms with Gasteiger partial charge in [0.05, 0.1) is 18.8 Å². The zero-order valence-electron chi connectivity index (χ0n) is 13.3. The summed E-state index contributed by atoms with van der Waals surface area (Å²) in [6.07, 6.45) is 2.59. The zero-order chi connectivity index (χ0) is 16.9. The van der Waals surface area contributed by atoms with Crippen molar-refractivity contribution in [1.82, 2.24) is 9.97 Å². The molecule has 1 aliphatic rings. The first-order valence-corrected chi connectivity index (χ1v) is 8.04. The zero-order valence-corrected chi connectivity index (χ0v) is 13.3. The van der Waals surface area contributed by atoms with Crippen LogP contribution >= 0.6 is 0 Å². The van der Waals surface area contributed by atoms with Crippen LogP contribution in [0.15, 0.2) is 36.7 Å². The quantitative estimate of drug-likeness (QED) is 0.747. The molecule has 0 bridgehead atoms. The fourth-order valence-electron chi connectivity index (χ4n) is 2.96.